The van der Waals surface area contributed by atoms with Gasteiger partial charge in [-0.15, -0.1) is 0 Å². The summed E-state index contributed by atoms with van der Waals surface area (Å²) in [5, 5.41) is 10.5. The highest BCUT2D eigenvalue weighted by Crippen LogP contribution is 2.33. The van der Waals surface area contributed by atoms with Crippen molar-refractivity contribution in [2.24, 2.45) is 0 Å². The molecule has 0 fully saturated rings. The van der Waals surface area contributed by atoms with Crippen LogP contribution in [0.5, 0.6) is 0 Å². The predicted molar refractivity (Wildman–Crippen MR) is 71.5 cm³/mol. The predicted octanol–water partition coefficient (Wildman–Crippen LogP) is 3.64. The minimum atomic E-state index is -4.46. The van der Waals surface area contributed by atoms with E-state index in [1.54, 1.807) is 27.7 Å². The van der Waals surface area contributed by atoms with Crippen molar-refractivity contribution in [1.29, 1.82) is 0 Å². The van der Waals surface area contributed by atoms with Crippen LogP contribution in [-0.2, 0) is 21.3 Å². The number of esters is 1. The fraction of sp³-hybridized carbons (Fsp3) is 0.533. The molecule has 6 heteroatoms. The first-order valence-corrected chi connectivity index (χ1v) is 6.53. The third kappa shape index (κ3) is 4.20. The van der Waals surface area contributed by atoms with Crippen molar-refractivity contribution in [1.82, 2.24) is 0 Å². The van der Waals surface area contributed by atoms with E-state index in [4.69, 9.17) is 4.74 Å². The fourth-order valence-electron chi connectivity index (χ4n) is 1.76. The molecule has 0 aliphatic heterocycles. The zero-order chi connectivity index (χ0) is 16.5. The van der Waals surface area contributed by atoms with Gasteiger partial charge in [0.25, 0.3) is 0 Å². The Morgan fingerprint density at radius 1 is 1.10 bits per heavy atom. The minimum Gasteiger partial charge on any atom is -0.458 e. The summed E-state index contributed by atoms with van der Waals surface area (Å²) in [4.78, 5) is 12.1. The van der Waals surface area contributed by atoms with Crippen LogP contribution in [0.1, 0.15) is 45.2 Å². The van der Waals surface area contributed by atoms with E-state index < -0.39 is 28.9 Å². The topological polar surface area (TPSA) is 46.5 Å². The van der Waals surface area contributed by atoms with Gasteiger partial charge in [0.05, 0.1) is 5.56 Å². The van der Waals surface area contributed by atoms with Gasteiger partial charge in [-0.3, -0.25) is 0 Å². The first-order chi connectivity index (χ1) is 9.40. The molecule has 1 N–H and O–H groups in total. The summed E-state index contributed by atoms with van der Waals surface area (Å²) >= 11 is 0. The number of ether oxygens (including phenoxy) is 1. The molecule has 0 radical (unpaired) electrons. The Morgan fingerprint density at radius 3 is 1.86 bits per heavy atom. The largest absolute Gasteiger partial charge is 0.458 e. The van der Waals surface area contributed by atoms with Crippen molar-refractivity contribution >= 4 is 5.97 Å². The lowest BCUT2D eigenvalue weighted by Crippen LogP contribution is -2.40. The maximum absolute atomic E-state index is 12.5. The smallest absolute Gasteiger partial charge is 0.416 e. The highest BCUT2D eigenvalue weighted by atomic mass is 19.4. The van der Waals surface area contributed by atoms with Crippen molar-refractivity contribution in [3.63, 3.8) is 0 Å². The van der Waals surface area contributed by atoms with Crippen molar-refractivity contribution in [3.8, 4) is 0 Å². The highest BCUT2D eigenvalue weighted by Gasteiger charge is 2.40. The van der Waals surface area contributed by atoms with Crippen LogP contribution in [-0.4, -0.2) is 16.7 Å². The second-order valence-corrected chi connectivity index (χ2v) is 5.79. The third-order valence-corrected chi connectivity index (χ3v) is 2.94. The van der Waals surface area contributed by atoms with E-state index in [0.717, 1.165) is 24.3 Å². The summed E-state index contributed by atoms with van der Waals surface area (Å²) < 4.78 is 42.7. The Kier molecular flexibility index (Phi) is 4.73. The molecule has 118 valence electrons. The van der Waals surface area contributed by atoms with Crippen molar-refractivity contribution in [3.05, 3.63) is 35.4 Å². The molecule has 0 unspecified atom stereocenters. The van der Waals surface area contributed by atoms with Gasteiger partial charge in [0.15, 0.2) is 5.60 Å². The lowest BCUT2D eigenvalue weighted by molar-refractivity contribution is -0.179. The Labute approximate surface area is 121 Å². The number of benzene rings is 1. The van der Waals surface area contributed by atoms with Gasteiger partial charge >= 0.3 is 12.1 Å². The lowest BCUT2D eigenvalue weighted by atomic mass is 9.90. The lowest BCUT2D eigenvalue weighted by Gasteiger charge is -2.30. The molecule has 0 saturated heterocycles. The molecule has 0 spiro atoms. The fourth-order valence-corrected chi connectivity index (χ4v) is 1.76. The molecular weight excluding hydrogens is 285 g/mol. The van der Waals surface area contributed by atoms with Crippen molar-refractivity contribution in [2.75, 3.05) is 0 Å². The van der Waals surface area contributed by atoms with Gasteiger partial charge in [0, 0.05) is 0 Å². The Hall–Kier alpha value is -1.56. The molecule has 1 atom stereocenters. The molecule has 3 nitrogen and oxygen atoms in total. The van der Waals surface area contributed by atoms with E-state index in [1.165, 1.54) is 0 Å². The van der Waals surface area contributed by atoms with Crippen LogP contribution in [0.25, 0.3) is 0 Å². The summed E-state index contributed by atoms with van der Waals surface area (Å²) in [7, 11) is 0. The van der Waals surface area contributed by atoms with Crippen LogP contribution in [0, 0.1) is 0 Å². The van der Waals surface area contributed by atoms with Crippen LogP contribution in [0.15, 0.2) is 24.3 Å². The van der Waals surface area contributed by atoms with Crippen molar-refractivity contribution < 1.29 is 27.8 Å². The second-order valence-electron chi connectivity index (χ2n) is 5.79. The van der Waals surface area contributed by atoms with E-state index in [1.807, 2.05) is 0 Å². The summed E-state index contributed by atoms with van der Waals surface area (Å²) in [5.74, 6) is -0.878. The maximum Gasteiger partial charge on any atom is 0.416 e. The van der Waals surface area contributed by atoms with Gasteiger partial charge in [0.2, 0.25) is 0 Å². The van der Waals surface area contributed by atoms with E-state index in [-0.39, 0.29) is 12.0 Å². The van der Waals surface area contributed by atoms with Gasteiger partial charge in [-0.25, -0.2) is 4.79 Å². The number of hydrogen-bond acceptors (Lipinski definition) is 3. The number of carbonyl (C=O) groups is 1. The molecule has 0 amide bonds. The van der Waals surface area contributed by atoms with Crippen LogP contribution in [0.2, 0.25) is 0 Å². The number of halogens is 3. The molecule has 0 aromatic heterocycles. The number of carbonyl (C=O) groups excluding carboxylic acids is 1. The quantitative estimate of drug-likeness (QED) is 0.867. The molecule has 1 aromatic rings. The van der Waals surface area contributed by atoms with E-state index in [9.17, 15) is 23.1 Å². The average molecular weight is 304 g/mol. The normalized spacial score (nSPS) is 15.4. The Balaban J connectivity index is 3.12. The molecule has 1 rings (SSSR count). The van der Waals surface area contributed by atoms with Crippen LogP contribution < -0.4 is 0 Å². The molecule has 0 saturated carbocycles. The number of aliphatic hydroxyl groups is 1. The van der Waals surface area contributed by atoms with Crippen LogP contribution in [0.4, 0.5) is 13.2 Å². The first-order valence-electron chi connectivity index (χ1n) is 6.53. The summed E-state index contributed by atoms with van der Waals surface area (Å²) in [6, 6.07) is 3.85. The van der Waals surface area contributed by atoms with E-state index in [2.05, 4.69) is 0 Å². The molecular formula is C15H19F3O3. The third-order valence-electron chi connectivity index (χ3n) is 2.94. The standard InChI is InChI=1S/C15H19F3O3/c1-5-14(20,12(19)21-13(2,3)4)10-6-8-11(9-7-10)15(16,17)18/h6-9,20H,5H2,1-4H3/t14-/m0/s1. The Morgan fingerprint density at radius 2 is 1.52 bits per heavy atom. The molecule has 0 aliphatic rings. The van der Waals surface area contributed by atoms with Gasteiger partial charge in [-0.2, -0.15) is 13.2 Å². The van der Waals surface area contributed by atoms with Gasteiger partial charge < -0.3 is 9.84 Å². The zero-order valence-electron chi connectivity index (χ0n) is 12.4. The van der Waals surface area contributed by atoms with Gasteiger partial charge in [-0.1, -0.05) is 19.1 Å². The Bertz CT molecular complexity index is 500. The molecule has 0 aliphatic carbocycles. The van der Waals surface area contributed by atoms with Gasteiger partial charge in [-0.05, 0) is 44.9 Å². The highest BCUT2D eigenvalue weighted by molar-refractivity contribution is 5.81. The monoisotopic (exact) mass is 304 g/mol. The molecule has 21 heavy (non-hydrogen) atoms. The second kappa shape index (κ2) is 5.67. The molecule has 0 bridgehead atoms. The first kappa shape index (κ1) is 17.5. The summed E-state index contributed by atoms with van der Waals surface area (Å²) in [6.45, 7) is 6.50. The number of hydrogen-bond donors (Lipinski definition) is 1. The van der Waals surface area contributed by atoms with Crippen molar-refractivity contribution in [2.45, 2.75) is 51.5 Å². The van der Waals surface area contributed by atoms with Crippen LogP contribution >= 0.6 is 0 Å². The van der Waals surface area contributed by atoms with E-state index >= 15 is 0 Å². The average Bonchev–Trinajstić information content (AvgIpc) is 2.34. The van der Waals surface area contributed by atoms with E-state index in [0.29, 0.717) is 0 Å². The number of alkyl halides is 3. The molecule has 1 aromatic carbocycles. The SMILES string of the molecule is CC[C@@](O)(C(=O)OC(C)(C)C)c1ccc(C(F)(F)F)cc1. The van der Waals surface area contributed by atoms with Gasteiger partial charge in [0.1, 0.15) is 5.60 Å². The summed E-state index contributed by atoms with van der Waals surface area (Å²) in [6.07, 6.45) is -4.47. The number of rotatable bonds is 3. The van der Waals surface area contributed by atoms with Crippen LogP contribution in [0.3, 0.4) is 0 Å². The minimum absolute atomic E-state index is 0.00667. The maximum atomic E-state index is 12.5. The zero-order valence-corrected chi connectivity index (χ0v) is 12.4. The summed E-state index contributed by atoms with van der Waals surface area (Å²) in [5.41, 5.74) is -3.52. The molecule has 0 heterocycles.